The van der Waals surface area contributed by atoms with Gasteiger partial charge in [0.05, 0.1) is 23.1 Å². The summed E-state index contributed by atoms with van der Waals surface area (Å²) in [4.78, 5) is 22.8. The molecule has 0 spiro atoms. The van der Waals surface area contributed by atoms with Crippen molar-refractivity contribution in [3.63, 3.8) is 0 Å². The molecule has 36 heavy (non-hydrogen) atoms. The largest absolute Gasteiger partial charge is 0.398 e. The fourth-order valence-electron chi connectivity index (χ4n) is 4.25. The Kier molecular flexibility index (Phi) is 7.74. The van der Waals surface area contributed by atoms with Gasteiger partial charge in [0.2, 0.25) is 0 Å². The lowest BCUT2D eigenvalue weighted by atomic mass is 9.99. The molecule has 0 saturated carbocycles. The molecule has 1 amide bonds. The summed E-state index contributed by atoms with van der Waals surface area (Å²) in [5.41, 5.74) is 9.51. The number of carbonyl (C=O) groups is 1. The molecule has 9 heteroatoms. The van der Waals surface area contributed by atoms with Gasteiger partial charge in [-0.25, -0.2) is 4.39 Å². The van der Waals surface area contributed by atoms with Crippen LogP contribution >= 0.6 is 11.3 Å². The highest BCUT2D eigenvalue weighted by Gasteiger charge is 2.24. The zero-order valence-corrected chi connectivity index (χ0v) is 20.7. The Hall–Kier alpha value is -4.05. The smallest absolute Gasteiger partial charge is 0.264 e. The van der Waals surface area contributed by atoms with Gasteiger partial charge in [0.15, 0.2) is 0 Å². The average molecular weight is 501 g/mol. The highest BCUT2D eigenvalue weighted by molar-refractivity contribution is 7.18. The van der Waals surface area contributed by atoms with Crippen molar-refractivity contribution in [2.45, 2.75) is 6.42 Å². The highest BCUT2D eigenvalue weighted by atomic mass is 32.1. The Labute approximate surface area is 213 Å². The van der Waals surface area contributed by atoms with Crippen molar-refractivity contribution in [1.82, 2.24) is 9.80 Å². The SMILES string of the molecule is CN=Cc1cc(-c2sc(C(=O)N3CCCN(CC#N)CC3)cc2-c2ccc(C#N)c(F)c2)ccc1N. The monoisotopic (exact) mass is 500 g/mol. The topological polar surface area (TPSA) is 110 Å². The van der Waals surface area contributed by atoms with Crippen molar-refractivity contribution >= 4 is 29.1 Å². The number of carbonyl (C=O) groups excluding carboxylic acids is 1. The number of benzene rings is 2. The molecule has 2 N–H and O–H groups in total. The summed E-state index contributed by atoms with van der Waals surface area (Å²) < 4.78 is 14.5. The molecule has 7 nitrogen and oxygen atoms in total. The van der Waals surface area contributed by atoms with E-state index in [0.29, 0.717) is 47.9 Å². The molecule has 3 aromatic rings. The zero-order chi connectivity index (χ0) is 25.7. The molecule has 4 rings (SSSR count). The van der Waals surface area contributed by atoms with E-state index in [2.05, 4.69) is 11.1 Å². The fraction of sp³-hybridized carbons (Fsp3) is 0.259. The zero-order valence-electron chi connectivity index (χ0n) is 19.9. The van der Waals surface area contributed by atoms with Gasteiger partial charge < -0.3 is 10.6 Å². The normalized spacial score (nSPS) is 14.4. The lowest BCUT2D eigenvalue weighted by molar-refractivity contribution is 0.0767. The van der Waals surface area contributed by atoms with Crippen molar-refractivity contribution in [1.29, 1.82) is 10.5 Å². The van der Waals surface area contributed by atoms with E-state index in [0.717, 1.165) is 29.0 Å². The summed E-state index contributed by atoms with van der Waals surface area (Å²) in [5.74, 6) is -0.701. The molecule has 0 unspecified atom stereocenters. The third-order valence-corrected chi connectivity index (χ3v) is 7.30. The van der Waals surface area contributed by atoms with Gasteiger partial charge in [-0.15, -0.1) is 11.3 Å². The number of thiophene rings is 1. The first-order chi connectivity index (χ1) is 17.4. The van der Waals surface area contributed by atoms with E-state index >= 15 is 0 Å². The van der Waals surface area contributed by atoms with Crippen LogP contribution in [0.3, 0.4) is 0 Å². The summed E-state index contributed by atoms with van der Waals surface area (Å²) in [6.07, 6.45) is 2.46. The van der Waals surface area contributed by atoms with Gasteiger partial charge in [0.25, 0.3) is 5.91 Å². The average Bonchev–Trinajstić information content (AvgIpc) is 3.19. The number of nitrogens with zero attached hydrogens (tertiary/aromatic N) is 5. The van der Waals surface area contributed by atoms with E-state index in [9.17, 15) is 9.18 Å². The van der Waals surface area contributed by atoms with Crippen molar-refractivity contribution in [2.24, 2.45) is 4.99 Å². The van der Waals surface area contributed by atoms with Gasteiger partial charge in [-0.1, -0.05) is 12.1 Å². The number of amides is 1. The van der Waals surface area contributed by atoms with E-state index in [-0.39, 0.29) is 11.5 Å². The summed E-state index contributed by atoms with van der Waals surface area (Å²) >= 11 is 1.35. The Morgan fingerprint density at radius 3 is 2.67 bits per heavy atom. The summed E-state index contributed by atoms with van der Waals surface area (Å²) in [7, 11) is 1.66. The maximum Gasteiger partial charge on any atom is 0.264 e. The van der Waals surface area contributed by atoms with Gasteiger partial charge in [0.1, 0.15) is 11.9 Å². The van der Waals surface area contributed by atoms with E-state index in [4.69, 9.17) is 16.3 Å². The van der Waals surface area contributed by atoms with E-state index in [1.807, 2.05) is 28.0 Å². The predicted octanol–water partition coefficient (Wildman–Crippen LogP) is 4.40. The van der Waals surface area contributed by atoms with Gasteiger partial charge in [-0.05, 0) is 47.9 Å². The molecule has 1 aliphatic rings. The second-order valence-electron chi connectivity index (χ2n) is 8.47. The quantitative estimate of drug-likeness (QED) is 0.317. The van der Waals surface area contributed by atoms with Crippen LogP contribution in [0.1, 0.15) is 27.2 Å². The lowest BCUT2D eigenvalue weighted by Crippen LogP contribution is -2.34. The third-order valence-electron chi connectivity index (χ3n) is 6.13. The van der Waals surface area contributed by atoms with Gasteiger partial charge >= 0.3 is 0 Å². The number of nitriles is 2. The maximum atomic E-state index is 14.5. The van der Waals surface area contributed by atoms with Gasteiger partial charge in [-0.2, -0.15) is 10.5 Å². The Morgan fingerprint density at radius 2 is 1.94 bits per heavy atom. The number of anilines is 1. The van der Waals surface area contributed by atoms with E-state index < -0.39 is 5.82 Å². The molecule has 1 aromatic heterocycles. The fourth-order valence-corrected chi connectivity index (χ4v) is 5.40. The van der Waals surface area contributed by atoms with Crippen LogP contribution in [0.25, 0.3) is 21.6 Å². The van der Waals surface area contributed by atoms with Crippen molar-refractivity contribution < 1.29 is 9.18 Å². The molecule has 1 aliphatic heterocycles. The number of aliphatic imine (C=N–C) groups is 1. The minimum Gasteiger partial charge on any atom is -0.398 e. The van der Waals surface area contributed by atoms with Crippen LogP contribution in [0.4, 0.5) is 10.1 Å². The van der Waals surface area contributed by atoms with Crippen LogP contribution in [-0.2, 0) is 0 Å². The van der Waals surface area contributed by atoms with Crippen LogP contribution in [0.15, 0.2) is 47.5 Å². The molecule has 2 aromatic carbocycles. The molecule has 182 valence electrons. The lowest BCUT2D eigenvalue weighted by Gasteiger charge is -2.20. The first-order valence-electron chi connectivity index (χ1n) is 11.5. The van der Waals surface area contributed by atoms with Crippen LogP contribution in [0.5, 0.6) is 0 Å². The Bertz CT molecular complexity index is 1400. The standard InChI is InChI=1S/C27H25FN6OS/c1-32-17-21-13-19(5-6-24(21)31)26-22(18-3-4-20(16-30)23(28)14-18)15-25(36-26)27(35)34-9-2-8-33(10-7-29)11-12-34/h3-6,13-15,17H,2,8-12,31H2,1H3. The second kappa shape index (κ2) is 11.1. The van der Waals surface area contributed by atoms with Gasteiger partial charge in [-0.3, -0.25) is 14.7 Å². The number of hydrogen-bond acceptors (Lipinski definition) is 7. The molecule has 0 aliphatic carbocycles. The van der Waals surface area contributed by atoms with E-state index in [1.54, 1.807) is 31.5 Å². The molecule has 0 atom stereocenters. The van der Waals surface area contributed by atoms with Crippen molar-refractivity contribution in [3.05, 3.63) is 64.3 Å². The molecule has 0 radical (unpaired) electrons. The number of rotatable bonds is 5. The summed E-state index contributed by atoms with van der Waals surface area (Å²) in [6, 6.07) is 15.8. The Morgan fingerprint density at radius 1 is 1.14 bits per heavy atom. The number of nitrogens with two attached hydrogens (primary N) is 1. The van der Waals surface area contributed by atoms with Gasteiger partial charge in [0, 0.05) is 61.1 Å². The third kappa shape index (κ3) is 5.28. The van der Waals surface area contributed by atoms with Crippen molar-refractivity contribution in [2.75, 3.05) is 45.5 Å². The first kappa shape index (κ1) is 25.1. The molecular weight excluding hydrogens is 475 g/mol. The molecule has 0 bridgehead atoms. The molecule has 1 saturated heterocycles. The molecular formula is C27H25FN6OS. The summed E-state index contributed by atoms with van der Waals surface area (Å²) in [6.45, 7) is 2.90. The van der Waals surface area contributed by atoms with E-state index in [1.165, 1.54) is 23.5 Å². The van der Waals surface area contributed by atoms with Crippen LogP contribution < -0.4 is 5.73 Å². The van der Waals surface area contributed by atoms with Crippen molar-refractivity contribution in [3.8, 4) is 33.7 Å². The minimum atomic E-state index is -0.610. The van der Waals surface area contributed by atoms with Crippen LogP contribution in [-0.4, -0.2) is 61.7 Å². The minimum absolute atomic E-state index is 0.0350. The summed E-state index contributed by atoms with van der Waals surface area (Å²) in [5, 5.41) is 18.1. The second-order valence-corrected chi connectivity index (χ2v) is 9.52. The Balaban J connectivity index is 1.77. The number of nitrogen functional groups attached to an aromatic ring is 1. The first-order valence-corrected chi connectivity index (χ1v) is 12.3. The molecule has 1 fully saturated rings. The predicted molar refractivity (Wildman–Crippen MR) is 140 cm³/mol. The van der Waals surface area contributed by atoms with Crippen LogP contribution in [0, 0.1) is 28.5 Å². The number of halogens is 1. The highest BCUT2D eigenvalue weighted by Crippen LogP contribution is 2.41. The number of hydrogen-bond donors (Lipinski definition) is 1. The van der Waals surface area contributed by atoms with Crippen LogP contribution in [0.2, 0.25) is 0 Å². The molecule has 2 heterocycles. The maximum absolute atomic E-state index is 14.5.